The molecule has 2 fully saturated rings. The number of hydrogen-bond donors (Lipinski definition) is 1. The molecule has 3 nitrogen and oxygen atoms in total. The molecule has 0 saturated heterocycles. The zero-order valence-electron chi connectivity index (χ0n) is 16.1. The van der Waals surface area contributed by atoms with Gasteiger partial charge in [-0.05, 0) is 61.8 Å². The van der Waals surface area contributed by atoms with E-state index in [1.807, 2.05) is 18.2 Å². The SMILES string of the molecule is Cc1ccc([C@H](NC(=O)C2C[C@H]3CC[C@@H](C2)C3=O)c2ccccc2)cc1C. The maximum absolute atomic E-state index is 13.1. The van der Waals surface area contributed by atoms with E-state index in [1.54, 1.807) is 0 Å². The fourth-order valence-electron chi connectivity index (χ4n) is 4.69. The average Bonchev–Trinajstić information content (AvgIpc) is 2.89. The predicted octanol–water partition coefficient (Wildman–Crippen LogP) is 4.51. The minimum absolute atomic E-state index is 0.0436. The van der Waals surface area contributed by atoms with Gasteiger partial charge >= 0.3 is 0 Å². The molecule has 2 aliphatic rings. The molecule has 4 atom stereocenters. The second kappa shape index (κ2) is 7.30. The van der Waals surface area contributed by atoms with Crippen molar-refractivity contribution in [1.29, 1.82) is 0 Å². The zero-order valence-corrected chi connectivity index (χ0v) is 16.1. The van der Waals surface area contributed by atoms with Gasteiger partial charge in [0, 0.05) is 17.8 Å². The summed E-state index contributed by atoms with van der Waals surface area (Å²) < 4.78 is 0. The van der Waals surface area contributed by atoms with Gasteiger partial charge < -0.3 is 5.32 Å². The normalized spacial score (nSPS) is 25.3. The Kier molecular flexibility index (Phi) is 4.86. The minimum Gasteiger partial charge on any atom is -0.345 e. The van der Waals surface area contributed by atoms with E-state index in [9.17, 15) is 9.59 Å². The van der Waals surface area contributed by atoms with Crippen LogP contribution in [0.1, 0.15) is 54.0 Å². The number of fused-ring (bicyclic) bond motifs is 2. The quantitative estimate of drug-likeness (QED) is 0.871. The van der Waals surface area contributed by atoms with Crippen LogP contribution in [0.4, 0.5) is 0 Å². The highest BCUT2D eigenvalue weighted by Gasteiger charge is 2.43. The molecule has 2 aliphatic carbocycles. The third-order valence-electron chi connectivity index (χ3n) is 6.46. The first-order chi connectivity index (χ1) is 13.0. The molecule has 1 amide bonds. The number of nitrogens with one attached hydrogen (secondary N) is 1. The van der Waals surface area contributed by atoms with Gasteiger partial charge in [-0.25, -0.2) is 0 Å². The first kappa shape index (κ1) is 18.0. The molecule has 3 heteroatoms. The minimum atomic E-state index is -0.159. The number of ketones is 1. The van der Waals surface area contributed by atoms with E-state index >= 15 is 0 Å². The Hall–Kier alpha value is -2.42. The topological polar surface area (TPSA) is 46.2 Å². The number of amides is 1. The maximum atomic E-state index is 13.1. The van der Waals surface area contributed by atoms with Gasteiger partial charge in [0.05, 0.1) is 6.04 Å². The molecule has 1 unspecified atom stereocenters. The molecule has 0 radical (unpaired) electrons. The van der Waals surface area contributed by atoms with Gasteiger partial charge in [0.2, 0.25) is 5.91 Å². The van der Waals surface area contributed by atoms with E-state index in [2.05, 4.69) is 49.5 Å². The lowest BCUT2D eigenvalue weighted by atomic mass is 9.79. The number of rotatable bonds is 4. The first-order valence-corrected chi connectivity index (χ1v) is 9.99. The van der Waals surface area contributed by atoms with Crippen LogP contribution in [0.3, 0.4) is 0 Å². The molecule has 0 aliphatic heterocycles. The van der Waals surface area contributed by atoms with Crippen molar-refractivity contribution in [3.63, 3.8) is 0 Å². The Balaban J connectivity index is 1.59. The summed E-state index contributed by atoms with van der Waals surface area (Å²) in [6.07, 6.45) is 3.37. The molecule has 27 heavy (non-hydrogen) atoms. The molecule has 4 rings (SSSR count). The van der Waals surface area contributed by atoms with Crippen molar-refractivity contribution in [2.24, 2.45) is 17.8 Å². The number of benzene rings is 2. The van der Waals surface area contributed by atoms with Crippen molar-refractivity contribution in [3.8, 4) is 0 Å². The fraction of sp³-hybridized carbons (Fsp3) is 0.417. The number of carbonyl (C=O) groups excluding carboxylic acids is 2. The van der Waals surface area contributed by atoms with Gasteiger partial charge in [0.25, 0.3) is 0 Å². The fourth-order valence-corrected chi connectivity index (χ4v) is 4.69. The Morgan fingerprint density at radius 1 is 0.926 bits per heavy atom. The molecular weight excluding hydrogens is 334 g/mol. The largest absolute Gasteiger partial charge is 0.345 e. The molecular formula is C24H27NO2. The lowest BCUT2D eigenvalue weighted by Crippen LogP contribution is -2.39. The van der Waals surface area contributed by atoms with Gasteiger partial charge in [-0.1, -0.05) is 48.5 Å². The van der Waals surface area contributed by atoms with E-state index in [1.165, 1.54) is 11.1 Å². The van der Waals surface area contributed by atoms with Crippen LogP contribution < -0.4 is 5.32 Å². The van der Waals surface area contributed by atoms with Gasteiger partial charge in [-0.3, -0.25) is 9.59 Å². The summed E-state index contributed by atoms with van der Waals surface area (Å²) in [7, 11) is 0. The molecule has 2 saturated carbocycles. The summed E-state index contributed by atoms with van der Waals surface area (Å²) >= 11 is 0. The van der Waals surface area contributed by atoms with Gasteiger partial charge in [0.1, 0.15) is 5.78 Å². The van der Waals surface area contributed by atoms with Crippen LogP contribution in [0.25, 0.3) is 0 Å². The number of carbonyl (C=O) groups is 2. The van der Waals surface area contributed by atoms with Gasteiger partial charge in [-0.2, -0.15) is 0 Å². The first-order valence-electron chi connectivity index (χ1n) is 9.99. The molecule has 0 aromatic heterocycles. The highest BCUT2D eigenvalue weighted by molar-refractivity contribution is 5.89. The predicted molar refractivity (Wildman–Crippen MR) is 106 cm³/mol. The monoisotopic (exact) mass is 361 g/mol. The lowest BCUT2D eigenvalue weighted by Gasteiger charge is -2.28. The molecule has 0 spiro atoms. The Morgan fingerprint density at radius 3 is 2.22 bits per heavy atom. The van der Waals surface area contributed by atoms with E-state index < -0.39 is 0 Å². The highest BCUT2D eigenvalue weighted by Crippen LogP contribution is 2.42. The number of hydrogen-bond acceptors (Lipinski definition) is 2. The summed E-state index contributed by atoms with van der Waals surface area (Å²) in [4.78, 5) is 25.3. The molecule has 1 N–H and O–H groups in total. The van der Waals surface area contributed by atoms with Crippen LogP contribution in [-0.4, -0.2) is 11.7 Å². The van der Waals surface area contributed by atoms with Crippen molar-refractivity contribution < 1.29 is 9.59 Å². The van der Waals surface area contributed by atoms with E-state index in [4.69, 9.17) is 0 Å². The molecule has 2 aromatic rings. The average molecular weight is 361 g/mol. The molecule has 2 bridgehead atoms. The Bertz CT molecular complexity index is 842. The number of Topliss-reactive ketones (excluding diaryl/α,β-unsaturated/α-hetero) is 1. The number of aryl methyl sites for hydroxylation is 2. The van der Waals surface area contributed by atoms with E-state index in [0.717, 1.165) is 36.8 Å². The zero-order chi connectivity index (χ0) is 19.0. The Labute approximate surface area is 161 Å². The summed E-state index contributed by atoms with van der Waals surface area (Å²) in [5.74, 6) is 0.657. The van der Waals surface area contributed by atoms with Crippen molar-refractivity contribution in [2.45, 2.75) is 45.6 Å². The third-order valence-corrected chi connectivity index (χ3v) is 6.46. The van der Waals surface area contributed by atoms with Crippen LogP contribution in [-0.2, 0) is 9.59 Å². The van der Waals surface area contributed by atoms with Gasteiger partial charge in [-0.15, -0.1) is 0 Å². The van der Waals surface area contributed by atoms with E-state index in [0.29, 0.717) is 5.78 Å². The lowest BCUT2D eigenvalue weighted by molar-refractivity contribution is -0.132. The van der Waals surface area contributed by atoms with Crippen molar-refractivity contribution in [3.05, 3.63) is 70.8 Å². The van der Waals surface area contributed by atoms with Crippen molar-refractivity contribution >= 4 is 11.7 Å². The van der Waals surface area contributed by atoms with Crippen LogP contribution in [0.15, 0.2) is 48.5 Å². The van der Waals surface area contributed by atoms with E-state index in [-0.39, 0.29) is 29.7 Å². The second-order valence-corrected chi connectivity index (χ2v) is 8.24. The van der Waals surface area contributed by atoms with Crippen molar-refractivity contribution in [1.82, 2.24) is 5.32 Å². The third kappa shape index (κ3) is 3.55. The second-order valence-electron chi connectivity index (χ2n) is 8.24. The maximum Gasteiger partial charge on any atom is 0.223 e. The van der Waals surface area contributed by atoms with Crippen molar-refractivity contribution in [2.75, 3.05) is 0 Å². The van der Waals surface area contributed by atoms with Crippen LogP contribution in [0, 0.1) is 31.6 Å². The smallest absolute Gasteiger partial charge is 0.223 e. The van der Waals surface area contributed by atoms with Crippen LogP contribution in [0.2, 0.25) is 0 Å². The summed E-state index contributed by atoms with van der Waals surface area (Å²) in [6.45, 7) is 4.21. The standard InChI is InChI=1S/C24H27NO2/c1-15-8-9-18(12-16(15)2)22(17-6-4-3-5-7-17)25-24(27)21-13-19-10-11-20(14-21)23(19)26/h3-9,12,19-22H,10-11,13-14H2,1-2H3,(H,25,27)/t19-,20+,21?,22-/m1/s1. The summed E-state index contributed by atoms with van der Waals surface area (Å²) in [6, 6.07) is 16.4. The van der Waals surface area contributed by atoms with Crippen LogP contribution >= 0.6 is 0 Å². The summed E-state index contributed by atoms with van der Waals surface area (Å²) in [5, 5.41) is 3.30. The van der Waals surface area contributed by atoms with Gasteiger partial charge in [0.15, 0.2) is 0 Å². The highest BCUT2D eigenvalue weighted by atomic mass is 16.2. The molecule has 2 aromatic carbocycles. The summed E-state index contributed by atoms with van der Waals surface area (Å²) in [5.41, 5.74) is 4.67. The Morgan fingerprint density at radius 2 is 1.59 bits per heavy atom. The van der Waals surface area contributed by atoms with Crippen LogP contribution in [0.5, 0.6) is 0 Å². The molecule has 0 heterocycles. The molecule has 140 valence electrons.